The van der Waals surface area contributed by atoms with Crippen LogP contribution < -0.4 is 10.1 Å². The van der Waals surface area contributed by atoms with E-state index in [1.807, 2.05) is 39.9 Å². The maximum Gasteiger partial charge on any atom is 0.319 e. The number of amides is 3. The van der Waals surface area contributed by atoms with Gasteiger partial charge in [-0.15, -0.1) is 0 Å². The number of benzene rings is 1. The van der Waals surface area contributed by atoms with Gasteiger partial charge in [0.25, 0.3) is 5.91 Å². The predicted molar refractivity (Wildman–Crippen MR) is 114 cm³/mol. The molecule has 2 aliphatic heterocycles. The van der Waals surface area contributed by atoms with E-state index in [2.05, 4.69) is 10.3 Å². The Kier molecular flexibility index (Phi) is 5.86. The Bertz CT molecular complexity index is 932. The minimum Gasteiger partial charge on any atom is -0.497 e. The van der Waals surface area contributed by atoms with E-state index in [-0.39, 0.29) is 11.9 Å². The van der Waals surface area contributed by atoms with Crippen LogP contribution in [0.1, 0.15) is 24.2 Å². The van der Waals surface area contributed by atoms with Crippen LogP contribution in [0.15, 0.2) is 36.7 Å². The minimum atomic E-state index is -0.660. The number of nitrogens with zero attached hydrogens (tertiary/aromatic N) is 4. The first-order chi connectivity index (χ1) is 14.9. The summed E-state index contributed by atoms with van der Waals surface area (Å²) in [7, 11) is 5.12. The number of carbonyl (C=O) groups excluding carboxylic acids is 2. The van der Waals surface area contributed by atoms with Gasteiger partial charge in [-0.2, -0.15) is 0 Å². The molecule has 0 aliphatic carbocycles. The molecule has 4 rings (SSSR count). The fraction of sp³-hybridized carbons (Fsp3) is 0.500. The highest BCUT2D eigenvalue weighted by Crippen LogP contribution is 2.40. The van der Waals surface area contributed by atoms with Crippen LogP contribution in [0.25, 0.3) is 0 Å². The molecular weight excluding hydrogens is 398 g/mol. The van der Waals surface area contributed by atoms with Gasteiger partial charge < -0.3 is 29.2 Å². The largest absolute Gasteiger partial charge is 0.497 e. The molecule has 9 nitrogen and oxygen atoms in total. The van der Waals surface area contributed by atoms with Gasteiger partial charge in [-0.25, -0.2) is 9.78 Å². The number of carbonyl (C=O) groups is 2. The Balaban J connectivity index is 1.43. The summed E-state index contributed by atoms with van der Waals surface area (Å²) in [5, 5.41) is 2.98. The molecule has 0 radical (unpaired) electrons. The molecule has 0 unspecified atom stereocenters. The number of fused-ring (bicyclic) bond motifs is 2. The van der Waals surface area contributed by atoms with Gasteiger partial charge in [0.15, 0.2) is 6.10 Å². The van der Waals surface area contributed by atoms with Crippen molar-refractivity contribution in [2.24, 2.45) is 0 Å². The van der Waals surface area contributed by atoms with E-state index in [0.29, 0.717) is 39.0 Å². The number of nitrogens with one attached hydrogen (secondary N) is 1. The molecule has 1 saturated heterocycles. The van der Waals surface area contributed by atoms with E-state index < -0.39 is 11.7 Å². The van der Waals surface area contributed by atoms with E-state index in [0.717, 1.165) is 17.1 Å². The van der Waals surface area contributed by atoms with Crippen molar-refractivity contribution in [3.05, 3.63) is 48.0 Å². The molecular formula is C22H29N5O4. The van der Waals surface area contributed by atoms with Gasteiger partial charge in [0.2, 0.25) is 0 Å². The lowest BCUT2D eigenvalue weighted by atomic mass is 9.88. The molecule has 1 aromatic carbocycles. The van der Waals surface area contributed by atoms with Crippen molar-refractivity contribution in [2.45, 2.75) is 37.6 Å². The minimum absolute atomic E-state index is 0.0113. The summed E-state index contributed by atoms with van der Waals surface area (Å²) >= 11 is 0. The van der Waals surface area contributed by atoms with E-state index in [1.165, 1.54) is 0 Å². The summed E-state index contributed by atoms with van der Waals surface area (Å²) in [5.74, 6) is 1.46. The number of hydrogen-bond donors (Lipinski definition) is 1. The number of aromatic nitrogens is 2. The Morgan fingerprint density at radius 1 is 1.26 bits per heavy atom. The smallest absolute Gasteiger partial charge is 0.319 e. The molecule has 3 amide bonds. The SMILES string of the molecule is COc1ccc(CNC(=O)[C@H]2Cn3ccnc3C3(CCN(C(=O)N(C)C)CC3)O2)cc1. The van der Waals surface area contributed by atoms with Crippen molar-refractivity contribution >= 4 is 11.9 Å². The lowest BCUT2D eigenvalue weighted by molar-refractivity contribution is -0.172. The number of hydrogen-bond acceptors (Lipinski definition) is 5. The highest BCUT2D eigenvalue weighted by Gasteiger charge is 2.47. The summed E-state index contributed by atoms with van der Waals surface area (Å²) in [6, 6.07) is 7.58. The van der Waals surface area contributed by atoms with Crippen LogP contribution in [0, 0.1) is 0 Å². The lowest BCUT2D eigenvalue weighted by Gasteiger charge is -2.45. The number of ether oxygens (including phenoxy) is 2. The molecule has 166 valence electrons. The van der Waals surface area contributed by atoms with Crippen LogP contribution in [0.2, 0.25) is 0 Å². The number of imidazole rings is 1. The van der Waals surface area contributed by atoms with Crippen LogP contribution in [0.4, 0.5) is 4.79 Å². The van der Waals surface area contributed by atoms with Gasteiger partial charge in [0.1, 0.15) is 17.2 Å². The maximum atomic E-state index is 12.9. The van der Waals surface area contributed by atoms with E-state index >= 15 is 0 Å². The second-order valence-corrected chi connectivity index (χ2v) is 8.23. The highest BCUT2D eigenvalue weighted by atomic mass is 16.5. The van der Waals surface area contributed by atoms with Crippen LogP contribution in [0.3, 0.4) is 0 Å². The molecule has 2 aliphatic rings. The fourth-order valence-corrected chi connectivity index (χ4v) is 4.26. The average molecular weight is 428 g/mol. The monoisotopic (exact) mass is 427 g/mol. The third kappa shape index (κ3) is 4.23. The molecule has 3 heterocycles. The molecule has 1 N–H and O–H groups in total. The highest BCUT2D eigenvalue weighted by molar-refractivity contribution is 5.81. The van der Waals surface area contributed by atoms with Gasteiger partial charge >= 0.3 is 6.03 Å². The Labute approximate surface area is 181 Å². The summed E-state index contributed by atoms with van der Waals surface area (Å²) in [5.41, 5.74) is 0.325. The number of piperidine rings is 1. The van der Waals surface area contributed by atoms with Gasteiger partial charge in [-0.05, 0) is 17.7 Å². The van der Waals surface area contributed by atoms with Crippen molar-refractivity contribution in [3.63, 3.8) is 0 Å². The number of urea groups is 1. The summed E-state index contributed by atoms with van der Waals surface area (Å²) in [6.45, 7) is 1.96. The molecule has 2 aromatic rings. The molecule has 1 aromatic heterocycles. The van der Waals surface area contributed by atoms with Crippen molar-refractivity contribution in [1.82, 2.24) is 24.7 Å². The molecule has 0 saturated carbocycles. The Morgan fingerprint density at radius 3 is 2.61 bits per heavy atom. The van der Waals surface area contributed by atoms with Gasteiger partial charge in [-0.1, -0.05) is 12.1 Å². The lowest BCUT2D eigenvalue weighted by Crippen LogP contribution is -2.55. The topological polar surface area (TPSA) is 88.9 Å². The number of methoxy groups -OCH3 is 1. The number of likely N-dealkylation sites (tertiary alicyclic amines) is 1. The van der Waals surface area contributed by atoms with Crippen LogP contribution in [0.5, 0.6) is 5.75 Å². The first-order valence-electron chi connectivity index (χ1n) is 10.5. The second-order valence-electron chi connectivity index (χ2n) is 8.23. The van der Waals surface area contributed by atoms with Crippen LogP contribution in [-0.2, 0) is 28.2 Å². The van der Waals surface area contributed by atoms with Crippen LogP contribution >= 0.6 is 0 Å². The van der Waals surface area contributed by atoms with Crippen molar-refractivity contribution in [3.8, 4) is 5.75 Å². The van der Waals surface area contributed by atoms with Gasteiger partial charge in [0.05, 0.1) is 13.7 Å². The average Bonchev–Trinajstić information content (AvgIpc) is 3.27. The van der Waals surface area contributed by atoms with Crippen molar-refractivity contribution < 1.29 is 19.1 Å². The molecule has 1 spiro atoms. The molecule has 1 fully saturated rings. The fourth-order valence-electron chi connectivity index (χ4n) is 4.26. The summed E-state index contributed by atoms with van der Waals surface area (Å²) in [4.78, 5) is 33.2. The van der Waals surface area contributed by atoms with E-state index in [4.69, 9.17) is 9.47 Å². The number of rotatable bonds is 4. The predicted octanol–water partition coefficient (Wildman–Crippen LogP) is 1.58. The van der Waals surface area contributed by atoms with Gasteiger partial charge in [-0.3, -0.25) is 4.79 Å². The second kappa shape index (κ2) is 8.58. The molecule has 9 heteroatoms. The van der Waals surface area contributed by atoms with E-state index in [9.17, 15) is 9.59 Å². The Morgan fingerprint density at radius 2 is 1.97 bits per heavy atom. The third-order valence-corrected chi connectivity index (χ3v) is 6.00. The first-order valence-corrected chi connectivity index (χ1v) is 10.5. The Hall–Kier alpha value is -3.07. The first kappa shape index (κ1) is 21.2. The quantitative estimate of drug-likeness (QED) is 0.800. The zero-order valence-corrected chi connectivity index (χ0v) is 18.2. The van der Waals surface area contributed by atoms with Crippen molar-refractivity contribution in [2.75, 3.05) is 34.3 Å². The molecule has 0 bridgehead atoms. The van der Waals surface area contributed by atoms with E-state index in [1.54, 1.807) is 32.3 Å². The summed E-state index contributed by atoms with van der Waals surface area (Å²) < 4.78 is 13.6. The normalized spacial score (nSPS) is 19.6. The zero-order valence-electron chi connectivity index (χ0n) is 18.2. The molecule has 1 atom stereocenters. The molecule has 31 heavy (non-hydrogen) atoms. The standard InChI is InChI=1S/C22H29N5O4/c1-25(2)21(29)26-11-8-22(9-12-26)20-23-10-13-27(20)15-18(31-22)19(28)24-14-16-4-6-17(30-3)7-5-16/h4-7,10,13,18H,8-9,11-12,14-15H2,1-3H3,(H,24,28)/t18-/m1/s1. The zero-order chi connectivity index (χ0) is 22.0. The van der Waals surface area contributed by atoms with Gasteiger partial charge in [0, 0.05) is 59.0 Å². The van der Waals surface area contributed by atoms with Crippen molar-refractivity contribution in [1.29, 1.82) is 0 Å². The maximum absolute atomic E-state index is 12.9. The third-order valence-electron chi connectivity index (χ3n) is 6.00. The summed E-state index contributed by atoms with van der Waals surface area (Å²) in [6.07, 6.45) is 4.23. The van der Waals surface area contributed by atoms with Crippen LogP contribution in [-0.4, -0.2) is 71.7 Å².